The van der Waals surface area contributed by atoms with Gasteiger partial charge >= 0.3 is 0 Å². The zero-order valence-electron chi connectivity index (χ0n) is 10.5. The van der Waals surface area contributed by atoms with Crippen LogP contribution in [-0.4, -0.2) is 22.1 Å². The Balaban J connectivity index is 2.50. The topological polar surface area (TPSA) is 47.0 Å². The molecule has 2 rings (SSSR count). The Hall–Kier alpha value is -0.330. The van der Waals surface area contributed by atoms with Gasteiger partial charge in [-0.1, -0.05) is 17.2 Å². The summed E-state index contributed by atoms with van der Waals surface area (Å²) < 4.78 is 0.796. The number of aromatic nitrogens is 1. The summed E-state index contributed by atoms with van der Waals surface area (Å²) in [7, 11) is 2.54. The third-order valence-corrected chi connectivity index (χ3v) is 5.44. The lowest BCUT2D eigenvalue weighted by molar-refractivity contribution is -0.132. The van der Waals surface area contributed by atoms with E-state index in [4.69, 9.17) is 0 Å². The van der Waals surface area contributed by atoms with Crippen LogP contribution in [0.5, 0.6) is 0 Å². The van der Waals surface area contributed by atoms with E-state index in [0.717, 1.165) is 33.7 Å². The molecule has 0 saturated heterocycles. The summed E-state index contributed by atoms with van der Waals surface area (Å²) in [6.45, 7) is 0. The molecule has 1 aromatic heterocycles. The predicted molar refractivity (Wildman–Crippen MR) is 83.2 cm³/mol. The van der Waals surface area contributed by atoms with Crippen molar-refractivity contribution in [1.82, 2.24) is 4.98 Å². The van der Waals surface area contributed by atoms with Gasteiger partial charge in [0.1, 0.15) is 5.41 Å². The van der Waals surface area contributed by atoms with Crippen molar-refractivity contribution in [2.24, 2.45) is 0 Å². The Bertz CT molecular complexity index is 509. The van der Waals surface area contributed by atoms with Crippen LogP contribution in [0.1, 0.15) is 31.2 Å². The average molecular weight is 360 g/mol. The number of hydrogen-bond acceptors (Lipinski definition) is 5. The molecule has 0 spiro atoms. The van der Waals surface area contributed by atoms with E-state index in [1.54, 1.807) is 12.4 Å². The summed E-state index contributed by atoms with van der Waals surface area (Å²) in [4.78, 5) is 29.1. The molecule has 0 aromatic carbocycles. The van der Waals surface area contributed by atoms with Crippen molar-refractivity contribution in [3.63, 3.8) is 0 Å². The molecular formula is C13H14BrNO2S2. The lowest BCUT2D eigenvalue weighted by Gasteiger charge is -2.33. The summed E-state index contributed by atoms with van der Waals surface area (Å²) in [6, 6.07) is 1.84. The van der Waals surface area contributed by atoms with Crippen molar-refractivity contribution >= 4 is 48.4 Å². The quantitative estimate of drug-likeness (QED) is 0.607. The first-order valence-corrected chi connectivity index (χ1v) is 9.36. The smallest absolute Gasteiger partial charge is 0.217 e. The number of hydrogen-bond donors (Lipinski definition) is 0. The fraction of sp³-hybridized carbons (Fsp3) is 0.462. The minimum Gasteiger partial charge on any atom is -0.298 e. The number of pyridine rings is 1. The predicted octanol–water partition coefficient (Wildman–Crippen LogP) is 3.76. The maximum atomic E-state index is 12.5. The van der Waals surface area contributed by atoms with Crippen LogP contribution in [0.3, 0.4) is 0 Å². The standard InChI is InChI=1S/C13H14BrNO2S2/c1-18-19-12(17)13(5-3-2-4-11(13)16)9-6-10(14)8-15-7-9/h6-8H,2-5H2,1H3. The van der Waals surface area contributed by atoms with Crippen LogP contribution in [0, 0.1) is 0 Å². The zero-order chi connectivity index (χ0) is 13.9. The van der Waals surface area contributed by atoms with Crippen LogP contribution in [0.2, 0.25) is 0 Å². The molecule has 102 valence electrons. The molecule has 1 saturated carbocycles. The van der Waals surface area contributed by atoms with Gasteiger partial charge in [-0.25, -0.2) is 0 Å². The van der Waals surface area contributed by atoms with E-state index in [-0.39, 0.29) is 10.9 Å². The molecule has 3 nitrogen and oxygen atoms in total. The van der Waals surface area contributed by atoms with E-state index in [2.05, 4.69) is 20.9 Å². The number of ketones is 1. The average Bonchev–Trinajstić information content (AvgIpc) is 2.39. The Morgan fingerprint density at radius 1 is 1.42 bits per heavy atom. The highest BCUT2D eigenvalue weighted by Crippen LogP contribution is 2.43. The van der Waals surface area contributed by atoms with E-state index < -0.39 is 5.41 Å². The van der Waals surface area contributed by atoms with Crippen LogP contribution in [-0.2, 0) is 15.0 Å². The van der Waals surface area contributed by atoms with Crippen molar-refractivity contribution in [3.8, 4) is 0 Å². The second-order valence-electron chi connectivity index (χ2n) is 4.46. The van der Waals surface area contributed by atoms with Gasteiger partial charge in [0.2, 0.25) is 5.12 Å². The number of nitrogens with zero attached hydrogens (tertiary/aromatic N) is 1. The molecule has 1 aliphatic carbocycles. The summed E-state index contributed by atoms with van der Waals surface area (Å²) in [5, 5.41) is -0.0652. The second-order valence-corrected chi connectivity index (χ2v) is 7.75. The molecule has 1 heterocycles. The van der Waals surface area contributed by atoms with Crippen molar-refractivity contribution in [2.75, 3.05) is 6.26 Å². The van der Waals surface area contributed by atoms with Crippen molar-refractivity contribution in [2.45, 2.75) is 31.1 Å². The maximum Gasteiger partial charge on any atom is 0.217 e. The largest absolute Gasteiger partial charge is 0.298 e. The lowest BCUT2D eigenvalue weighted by Crippen LogP contribution is -2.44. The summed E-state index contributed by atoms with van der Waals surface area (Å²) >= 11 is 3.36. The van der Waals surface area contributed by atoms with Gasteiger partial charge in [0.05, 0.1) is 0 Å². The van der Waals surface area contributed by atoms with E-state index in [0.29, 0.717) is 12.8 Å². The van der Waals surface area contributed by atoms with Crippen molar-refractivity contribution in [3.05, 3.63) is 28.5 Å². The molecule has 19 heavy (non-hydrogen) atoms. The Labute approximate surface area is 128 Å². The van der Waals surface area contributed by atoms with Gasteiger partial charge < -0.3 is 0 Å². The first kappa shape index (κ1) is 15.1. The normalized spacial score (nSPS) is 23.4. The Morgan fingerprint density at radius 3 is 2.84 bits per heavy atom. The number of carbonyl (C=O) groups excluding carboxylic acids is 2. The van der Waals surface area contributed by atoms with Gasteiger partial charge in [0.15, 0.2) is 5.78 Å². The van der Waals surface area contributed by atoms with Crippen LogP contribution < -0.4 is 0 Å². The molecule has 1 aliphatic rings. The second kappa shape index (κ2) is 6.41. The summed E-state index contributed by atoms with van der Waals surface area (Å²) in [6.07, 6.45) is 8.01. The number of carbonyl (C=O) groups is 2. The molecular weight excluding hydrogens is 346 g/mol. The number of rotatable bonds is 3. The van der Waals surface area contributed by atoms with Gasteiger partial charge in [-0.15, -0.1) is 0 Å². The first-order chi connectivity index (χ1) is 9.11. The molecule has 1 fully saturated rings. The van der Waals surface area contributed by atoms with Gasteiger partial charge in [-0.2, -0.15) is 0 Å². The van der Waals surface area contributed by atoms with Crippen LogP contribution in [0.25, 0.3) is 0 Å². The Kier molecular flexibility index (Phi) is 5.09. The minimum atomic E-state index is -0.997. The highest BCUT2D eigenvalue weighted by molar-refractivity contribution is 9.10. The summed E-state index contributed by atoms with van der Waals surface area (Å²) in [5.41, 5.74) is -0.277. The molecule has 0 amide bonds. The third-order valence-electron chi connectivity index (χ3n) is 3.39. The van der Waals surface area contributed by atoms with Crippen molar-refractivity contribution < 1.29 is 9.59 Å². The van der Waals surface area contributed by atoms with E-state index >= 15 is 0 Å². The SMILES string of the molecule is CSSC(=O)C1(c2cncc(Br)c2)CCCCC1=O. The van der Waals surface area contributed by atoms with E-state index in [1.165, 1.54) is 10.8 Å². The minimum absolute atomic E-state index is 0.0326. The zero-order valence-corrected chi connectivity index (χ0v) is 13.7. The summed E-state index contributed by atoms with van der Waals surface area (Å²) in [5.74, 6) is 0.0326. The molecule has 0 N–H and O–H groups in total. The first-order valence-electron chi connectivity index (χ1n) is 6.00. The molecule has 1 aromatic rings. The van der Waals surface area contributed by atoms with Crippen molar-refractivity contribution in [1.29, 1.82) is 0 Å². The number of halogens is 1. The van der Waals surface area contributed by atoms with Gasteiger partial charge in [-0.05, 0) is 57.5 Å². The van der Waals surface area contributed by atoms with Crippen LogP contribution in [0.15, 0.2) is 22.9 Å². The number of Topliss-reactive ketones (excluding diaryl/α,β-unsaturated/α-hetero) is 1. The fourth-order valence-electron chi connectivity index (χ4n) is 2.46. The van der Waals surface area contributed by atoms with Crippen LogP contribution >= 0.6 is 37.5 Å². The maximum absolute atomic E-state index is 12.5. The van der Waals surface area contributed by atoms with Crippen LogP contribution in [0.4, 0.5) is 0 Å². The highest BCUT2D eigenvalue weighted by Gasteiger charge is 2.48. The molecule has 6 heteroatoms. The fourth-order valence-corrected chi connectivity index (χ4v) is 4.33. The lowest BCUT2D eigenvalue weighted by atomic mass is 9.70. The molecule has 0 radical (unpaired) electrons. The van der Waals surface area contributed by atoms with Gasteiger partial charge in [0.25, 0.3) is 0 Å². The highest BCUT2D eigenvalue weighted by atomic mass is 79.9. The van der Waals surface area contributed by atoms with E-state index in [9.17, 15) is 9.59 Å². The van der Waals surface area contributed by atoms with Gasteiger partial charge in [0, 0.05) is 23.3 Å². The molecule has 1 unspecified atom stereocenters. The molecule has 0 aliphatic heterocycles. The monoisotopic (exact) mass is 359 g/mol. The third kappa shape index (κ3) is 2.90. The van der Waals surface area contributed by atoms with Gasteiger partial charge in [-0.3, -0.25) is 14.6 Å². The molecule has 0 bridgehead atoms. The molecule has 1 atom stereocenters. The van der Waals surface area contributed by atoms with E-state index in [1.807, 2.05) is 12.3 Å². The Morgan fingerprint density at radius 2 is 2.21 bits per heavy atom.